The van der Waals surface area contributed by atoms with Crippen molar-refractivity contribution in [1.29, 1.82) is 0 Å². The Morgan fingerprint density at radius 1 is 0.167 bits per heavy atom. The molecule has 0 radical (unpaired) electrons. The van der Waals surface area contributed by atoms with Crippen LogP contribution in [-0.2, 0) is 0 Å². The minimum atomic E-state index is 0.815. The Hall–Kier alpha value is -12.2. The lowest BCUT2D eigenvalue weighted by Gasteiger charge is -2.17. The Labute approximate surface area is 515 Å². The van der Waals surface area contributed by atoms with Crippen LogP contribution in [0.1, 0.15) is 0 Å². The van der Waals surface area contributed by atoms with Crippen molar-refractivity contribution in [2.45, 2.75) is 0 Å². The topological polar surface area (TPSA) is 42.5 Å². The van der Waals surface area contributed by atoms with Crippen molar-refractivity contribution in [2.75, 3.05) is 0 Å². The molecular formula is C83H51N7. The third-order valence-electron chi connectivity index (χ3n) is 19.2. The summed E-state index contributed by atoms with van der Waals surface area (Å²) in [6, 6.07) is 113. The number of rotatable bonds is 7. The van der Waals surface area contributed by atoms with Gasteiger partial charge in [0.2, 0.25) is 0 Å². The van der Waals surface area contributed by atoms with E-state index in [-0.39, 0.29) is 0 Å². The van der Waals surface area contributed by atoms with Crippen LogP contribution in [0.3, 0.4) is 0 Å². The van der Waals surface area contributed by atoms with E-state index in [4.69, 9.17) is 4.98 Å². The maximum Gasteiger partial charge on any atom is 0.140 e. The molecule has 7 nitrogen and oxygen atoms in total. The molecule has 0 saturated heterocycles. The van der Waals surface area contributed by atoms with Gasteiger partial charge in [-0.3, -0.25) is 9.13 Å². The molecule has 13 aromatic carbocycles. The van der Waals surface area contributed by atoms with E-state index in [1.165, 1.54) is 59.6 Å². The standard InChI is InChI=1S/C83H51N7/c1-4-22-54(23-5-1)85-70-34-16-10-28-58(70)64-44-45-65-59-29-13-19-37-73(59)88(79(65)78(64)85)57-42-40-52(41-43-57)53-50-76(89-74-38-20-14-32-62(74)68-48-46-66-60-30-11-17-35-71(60)86(80(66)82(68)89)55-24-6-2-7-25-55)84-77(51-53)90-75-39-21-15-33-63(75)69-49-47-67-61-31-12-18-36-72(61)87(81(67)83(69)90)56-26-8-3-9-27-56/h1-51H. The first-order valence-electron chi connectivity index (χ1n) is 30.9. The van der Waals surface area contributed by atoms with Gasteiger partial charge in [-0.1, -0.05) is 212 Å². The maximum absolute atomic E-state index is 6.08. The minimum Gasteiger partial charge on any atom is -0.307 e. The lowest BCUT2D eigenvalue weighted by atomic mass is 10.1. The van der Waals surface area contributed by atoms with Gasteiger partial charge in [0.05, 0.1) is 66.2 Å². The molecule has 0 fully saturated rings. The first-order valence-corrected chi connectivity index (χ1v) is 30.9. The van der Waals surface area contributed by atoms with E-state index in [1.54, 1.807) is 0 Å². The van der Waals surface area contributed by atoms with Crippen LogP contribution >= 0.6 is 0 Å². The smallest absolute Gasteiger partial charge is 0.140 e. The van der Waals surface area contributed by atoms with Crippen LogP contribution in [0.5, 0.6) is 0 Å². The number of hydrogen-bond donors (Lipinski definition) is 0. The summed E-state index contributed by atoms with van der Waals surface area (Å²) in [4.78, 5) is 6.08. The first kappa shape index (κ1) is 49.0. The van der Waals surface area contributed by atoms with Crippen molar-refractivity contribution in [1.82, 2.24) is 32.4 Å². The average Bonchev–Trinajstić information content (AvgIpc) is 1.57. The van der Waals surface area contributed by atoms with E-state index in [0.29, 0.717) is 0 Å². The van der Waals surface area contributed by atoms with Gasteiger partial charge in [-0.25, -0.2) is 4.98 Å². The fourth-order valence-electron chi connectivity index (χ4n) is 15.5. The molecule has 418 valence electrons. The third kappa shape index (κ3) is 6.74. The van der Waals surface area contributed by atoms with Crippen molar-refractivity contribution in [3.05, 3.63) is 309 Å². The van der Waals surface area contributed by atoms with E-state index in [1.807, 2.05) is 0 Å². The third-order valence-corrected chi connectivity index (χ3v) is 19.2. The van der Waals surface area contributed by atoms with Crippen molar-refractivity contribution in [2.24, 2.45) is 0 Å². The monoisotopic (exact) mass is 1150 g/mol. The largest absolute Gasteiger partial charge is 0.307 e. The second-order valence-corrected chi connectivity index (χ2v) is 23.8. The average molecular weight is 1150 g/mol. The summed E-state index contributed by atoms with van der Waals surface area (Å²) >= 11 is 0. The molecule has 20 aromatic rings. The summed E-state index contributed by atoms with van der Waals surface area (Å²) in [6.07, 6.45) is 0. The molecule has 0 amide bonds. The van der Waals surface area contributed by atoms with Gasteiger partial charge >= 0.3 is 0 Å². The zero-order chi connectivity index (χ0) is 58.7. The fourth-order valence-corrected chi connectivity index (χ4v) is 15.5. The molecule has 7 heteroatoms. The summed E-state index contributed by atoms with van der Waals surface area (Å²) in [5.41, 5.74) is 20.1. The zero-order valence-electron chi connectivity index (χ0n) is 48.6. The predicted octanol–water partition coefficient (Wildman–Crippen LogP) is 21.3. The van der Waals surface area contributed by atoms with Gasteiger partial charge in [0.15, 0.2) is 0 Å². The molecule has 0 unspecified atom stereocenters. The number of nitrogens with zero attached hydrogens (tertiary/aromatic N) is 7. The molecule has 0 N–H and O–H groups in total. The van der Waals surface area contributed by atoms with Gasteiger partial charge in [0.25, 0.3) is 0 Å². The highest BCUT2D eigenvalue weighted by molar-refractivity contribution is 6.27. The van der Waals surface area contributed by atoms with E-state index in [0.717, 1.165) is 117 Å². The molecule has 0 saturated carbocycles. The van der Waals surface area contributed by atoms with Crippen molar-refractivity contribution < 1.29 is 0 Å². The lowest BCUT2D eigenvalue weighted by molar-refractivity contribution is 1.01. The van der Waals surface area contributed by atoms with E-state index >= 15 is 0 Å². The van der Waals surface area contributed by atoms with E-state index in [2.05, 4.69) is 337 Å². The summed E-state index contributed by atoms with van der Waals surface area (Å²) in [5.74, 6) is 1.63. The highest BCUT2D eigenvalue weighted by Crippen LogP contribution is 2.47. The first-order chi connectivity index (χ1) is 44.7. The van der Waals surface area contributed by atoms with Crippen LogP contribution in [0, 0.1) is 0 Å². The summed E-state index contributed by atoms with van der Waals surface area (Å²) in [7, 11) is 0. The SMILES string of the molecule is c1ccc(-n2c3ccccc3c3ccc4c5ccccc5n(-c5ccc(-c6cc(-n7c8ccccc8c8ccc9c%10ccccc%10n(-c%10ccccc%10)c9c87)nc(-n7c8ccccc8c8ccc9c%10ccccc%10n(-c%10ccccc%10)c9c87)c6)cc5)c4c32)cc1. The van der Waals surface area contributed by atoms with Crippen LogP contribution < -0.4 is 0 Å². The fraction of sp³-hybridized carbons (Fsp3) is 0. The Bertz CT molecular complexity index is 6120. The molecular weight excluding hydrogens is 1090 g/mol. The second kappa shape index (κ2) is 18.7. The van der Waals surface area contributed by atoms with Crippen LogP contribution in [0.4, 0.5) is 0 Å². The molecule has 7 heterocycles. The summed E-state index contributed by atoms with van der Waals surface area (Å²) in [5, 5.41) is 14.3. The van der Waals surface area contributed by atoms with Crippen LogP contribution in [0.15, 0.2) is 309 Å². The van der Waals surface area contributed by atoms with Crippen molar-refractivity contribution >= 4 is 131 Å². The minimum absolute atomic E-state index is 0.815. The molecule has 20 rings (SSSR count). The van der Waals surface area contributed by atoms with Crippen LogP contribution in [0.25, 0.3) is 176 Å². The van der Waals surface area contributed by atoms with Crippen molar-refractivity contribution in [3.8, 4) is 45.5 Å². The van der Waals surface area contributed by atoms with Gasteiger partial charge < -0.3 is 18.3 Å². The van der Waals surface area contributed by atoms with Crippen LogP contribution in [-0.4, -0.2) is 32.4 Å². The van der Waals surface area contributed by atoms with Crippen molar-refractivity contribution in [3.63, 3.8) is 0 Å². The molecule has 0 spiro atoms. The van der Waals surface area contributed by atoms with Gasteiger partial charge in [-0.05, 0) is 108 Å². The zero-order valence-corrected chi connectivity index (χ0v) is 48.6. The Morgan fingerprint density at radius 3 is 0.667 bits per heavy atom. The summed E-state index contributed by atoms with van der Waals surface area (Å²) < 4.78 is 14.8. The van der Waals surface area contributed by atoms with Gasteiger partial charge in [-0.15, -0.1) is 0 Å². The van der Waals surface area contributed by atoms with Gasteiger partial charge in [0, 0.05) is 87.4 Å². The highest BCUT2D eigenvalue weighted by atomic mass is 15.2. The molecule has 0 aliphatic rings. The number of hydrogen-bond acceptors (Lipinski definition) is 1. The number of fused-ring (bicyclic) bond motifs is 21. The molecule has 0 aliphatic heterocycles. The Morgan fingerprint density at radius 2 is 0.389 bits per heavy atom. The molecule has 0 aliphatic carbocycles. The number of pyridine rings is 1. The van der Waals surface area contributed by atoms with Crippen LogP contribution in [0.2, 0.25) is 0 Å². The predicted molar refractivity (Wildman–Crippen MR) is 376 cm³/mol. The second-order valence-electron chi connectivity index (χ2n) is 23.8. The normalized spacial score (nSPS) is 12.2. The summed E-state index contributed by atoms with van der Waals surface area (Å²) in [6.45, 7) is 0. The lowest BCUT2D eigenvalue weighted by Crippen LogP contribution is -2.06. The van der Waals surface area contributed by atoms with Gasteiger partial charge in [-0.2, -0.15) is 0 Å². The molecule has 90 heavy (non-hydrogen) atoms. The number of aromatic nitrogens is 7. The molecule has 7 aromatic heterocycles. The Kier molecular flexibility index (Phi) is 10.2. The van der Waals surface area contributed by atoms with Gasteiger partial charge in [0.1, 0.15) is 11.6 Å². The highest BCUT2D eigenvalue weighted by Gasteiger charge is 2.27. The Balaban J connectivity index is 0.901. The van der Waals surface area contributed by atoms with E-state index in [9.17, 15) is 0 Å². The van der Waals surface area contributed by atoms with E-state index < -0.39 is 0 Å². The quantitative estimate of drug-likeness (QED) is 0.157. The molecule has 0 bridgehead atoms. The number of benzene rings is 13. The number of para-hydroxylation sites is 9. The maximum atomic E-state index is 6.08. The molecule has 0 atom stereocenters.